The van der Waals surface area contributed by atoms with Gasteiger partial charge in [0.25, 0.3) is 0 Å². The van der Waals surface area contributed by atoms with E-state index in [-0.39, 0.29) is 5.78 Å². The summed E-state index contributed by atoms with van der Waals surface area (Å²) in [5.41, 5.74) is 0.812. The van der Waals surface area contributed by atoms with E-state index in [9.17, 15) is 4.79 Å². The SMILES string of the molecule is CCCn1cccc1C(C)=O.[CH2]C. The van der Waals surface area contributed by atoms with Gasteiger partial charge in [-0.3, -0.25) is 4.79 Å². The lowest BCUT2D eigenvalue weighted by Gasteiger charge is -2.03. The second-order valence-corrected chi connectivity index (χ2v) is 2.64. The Balaban J connectivity index is 0.000000671. The van der Waals surface area contributed by atoms with Gasteiger partial charge >= 0.3 is 0 Å². The van der Waals surface area contributed by atoms with E-state index in [0.717, 1.165) is 18.7 Å². The molecular weight excluding hydrogens is 162 g/mol. The highest BCUT2D eigenvalue weighted by molar-refractivity contribution is 5.92. The second kappa shape index (κ2) is 6.46. The highest BCUT2D eigenvalue weighted by Gasteiger charge is 2.03. The molecule has 0 aliphatic rings. The molecule has 1 aromatic rings. The lowest BCUT2D eigenvalue weighted by atomic mass is 10.3. The van der Waals surface area contributed by atoms with Crippen LogP contribution in [0.1, 0.15) is 37.7 Å². The molecule has 0 amide bonds. The smallest absolute Gasteiger partial charge is 0.176 e. The summed E-state index contributed by atoms with van der Waals surface area (Å²) < 4.78 is 1.99. The molecule has 0 fully saturated rings. The quantitative estimate of drug-likeness (QED) is 0.655. The fraction of sp³-hybridized carbons (Fsp3) is 0.455. The molecule has 73 valence electrons. The van der Waals surface area contributed by atoms with Gasteiger partial charge < -0.3 is 4.57 Å². The van der Waals surface area contributed by atoms with Crippen LogP contribution in [0.5, 0.6) is 0 Å². The molecule has 0 atom stereocenters. The fourth-order valence-corrected chi connectivity index (χ4v) is 1.17. The van der Waals surface area contributed by atoms with Crippen molar-refractivity contribution in [2.45, 2.75) is 33.7 Å². The largest absolute Gasteiger partial charge is 0.345 e. The van der Waals surface area contributed by atoms with Gasteiger partial charge in [0.05, 0.1) is 5.69 Å². The maximum atomic E-state index is 11.0. The van der Waals surface area contributed by atoms with Crippen molar-refractivity contribution >= 4 is 5.78 Å². The minimum Gasteiger partial charge on any atom is -0.345 e. The van der Waals surface area contributed by atoms with Gasteiger partial charge in [-0.2, -0.15) is 0 Å². The van der Waals surface area contributed by atoms with Gasteiger partial charge in [-0.1, -0.05) is 20.8 Å². The minimum atomic E-state index is 0.142. The normalized spacial score (nSPS) is 8.92. The van der Waals surface area contributed by atoms with Crippen molar-refractivity contribution < 1.29 is 4.79 Å². The molecule has 0 aliphatic carbocycles. The van der Waals surface area contributed by atoms with Crippen LogP contribution in [0.2, 0.25) is 0 Å². The first-order valence-electron chi connectivity index (χ1n) is 4.62. The van der Waals surface area contributed by atoms with Gasteiger partial charge in [0.2, 0.25) is 0 Å². The van der Waals surface area contributed by atoms with Crippen LogP contribution in [0, 0.1) is 6.92 Å². The van der Waals surface area contributed by atoms with Crippen LogP contribution in [-0.4, -0.2) is 10.4 Å². The van der Waals surface area contributed by atoms with E-state index in [0.29, 0.717) is 0 Å². The summed E-state index contributed by atoms with van der Waals surface area (Å²) in [4.78, 5) is 11.0. The minimum absolute atomic E-state index is 0.142. The van der Waals surface area contributed by atoms with Crippen LogP contribution >= 0.6 is 0 Å². The Hall–Kier alpha value is -1.05. The molecule has 0 unspecified atom stereocenters. The standard InChI is InChI=1S/C9H13NO.C2H5/c1-3-6-10-7-4-5-9(10)8(2)11;1-2/h4-5,7H,3,6H2,1-2H3;1H2,2H3. The summed E-state index contributed by atoms with van der Waals surface area (Å²) in [5.74, 6) is 0.142. The van der Waals surface area contributed by atoms with Crippen molar-refractivity contribution in [3.63, 3.8) is 0 Å². The molecule has 0 N–H and O–H groups in total. The Kier molecular flexibility index (Phi) is 5.94. The average Bonchev–Trinajstić information content (AvgIpc) is 2.57. The number of nitrogens with zero attached hydrogens (tertiary/aromatic N) is 1. The molecule has 0 saturated heterocycles. The van der Waals surface area contributed by atoms with Crippen LogP contribution in [0.3, 0.4) is 0 Å². The first-order chi connectivity index (χ1) is 6.25. The van der Waals surface area contributed by atoms with Crippen molar-refractivity contribution in [2.24, 2.45) is 0 Å². The Morgan fingerprint density at radius 1 is 1.54 bits per heavy atom. The molecule has 13 heavy (non-hydrogen) atoms. The maximum Gasteiger partial charge on any atom is 0.176 e. The van der Waals surface area contributed by atoms with Crippen molar-refractivity contribution in [1.82, 2.24) is 4.57 Å². The fourth-order valence-electron chi connectivity index (χ4n) is 1.17. The molecule has 0 bridgehead atoms. The highest BCUT2D eigenvalue weighted by atomic mass is 16.1. The number of aryl methyl sites for hydroxylation is 1. The number of carbonyl (C=O) groups excluding carboxylic acids is 1. The van der Waals surface area contributed by atoms with Gasteiger partial charge in [-0.15, -0.1) is 0 Å². The second-order valence-electron chi connectivity index (χ2n) is 2.64. The van der Waals surface area contributed by atoms with Crippen molar-refractivity contribution in [3.05, 3.63) is 30.9 Å². The number of rotatable bonds is 3. The van der Waals surface area contributed by atoms with Gasteiger partial charge in [-0.25, -0.2) is 0 Å². The molecule has 1 radical (unpaired) electrons. The number of carbonyl (C=O) groups is 1. The summed E-state index contributed by atoms with van der Waals surface area (Å²) >= 11 is 0. The molecule has 0 saturated carbocycles. The molecule has 2 heteroatoms. The summed E-state index contributed by atoms with van der Waals surface area (Å²) in [6.07, 6.45) is 3.01. The van der Waals surface area contributed by atoms with Crippen molar-refractivity contribution in [3.8, 4) is 0 Å². The van der Waals surface area contributed by atoms with Gasteiger partial charge in [-0.05, 0) is 18.6 Å². The number of ketones is 1. The molecular formula is C11H18NO. The zero-order valence-electron chi connectivity index (χ0n) is 8.71. The Bertz CT molecular complexity index is 250. The first-order valence-corrected chi connectivity index (χ1v) is 4.62. The van der Waals surface area contributed by atoms with E-state index in [4.69, 9.17) is 0 Å². The van der Waals surface area contributed by atoms with Crippen molar-refractivity contribution in [2.75, 3.05) is 0 Å². The van der Waals surface area contributed by atoms with E-state index >= 15 is 0 Å². The summed E-state index contributed by atoms with van der Waals surface area (Å²) in [6.45, 7) is 9.63. The number of hydrogen-bond donors (Lipinski definition) is 0. The highest BCUT2D eigenvalue weighted by Crippen LogP contribution is 2.03. The van der Waals surface area contributed by atoms with Gasteiger partial charge in [0, 0.05) is 19.7 Å². The average molecular weight is 180 g/mol. The van der Waals surface area contributed by atoms with Crippen LogP contribution < -0.4 is 0 Å². The lowest BCUT2D eigenvalue weighted by molar-refractivity contribution is 0.100. The molecule has 2 nitrogen and oxygen atoms in total. The molecule has 0 aromatic carbocycles. The molecule has 1 aromatic heterocycles. The molecule has 0 spiro atoms. The van der Waals surface area contributed by atoms with Crippen LogP contribution in [0.25, 0.3) is 0 Å². The maximum absolute atomic E-state index is 11.0. The van der Waals surface area contributed by atoms with E-state index in [2.05, 4.69) is 13.8 Å². The van der Waals surface area contributed by atoms with E-state index < -0.39 is 0 Å². The van der Waals surface area contributed by atoms with E-state index in [1.165, 1.54) is 0 Å². The van der Waals surface area contributed by atoms with Crippen molar-refractivity contribution in [1.29, 1.82) is 0 Å². The monoisotopic (exact) mass is 180 g/mol. The molecule has 0 aliphatic heterocycles. The topological polar surface area (TPSA) is 22.0 Å². The van der Waals surface area contributed by atoms with E-state index in [1.807, 2.05) is 22.9 Å². The Labute approximate surface area is 80.6 Å². The van der Waals surface area contributed by atoms with E-state index in [1.54, 1.807) is 13.8 Å². The third-order valence-corrected chi connectivity index (χ3v) is 1.65. The predicted octanol–water partition coefficient (Wildman–Crippen LogP) is 2.94. The summed E-state index contributed by atoms with van der Waals surface area (Å²) in [6, 6.07) is 3.77. The Morgan fingerprint density at radius 3 is 2.62 bits per heavy atom. The third-order valence-electron chi connectivity index (χ3n) is 1.65. The number of Topliss-reactive ketones (excluding diaryl/α,β-unsaturated/α-hetero) is 1. The summed E-state index contributed by atoms with van der Waals surface area (Å²) in [7, 11) is 0. The van der Waals surface area contributed by atoms with Gasteiger partial charge in [0.15, 0.2) is 5.78 Å². The van der Waals surface area contributed by atoms with Crippen LogP contribution in [-0.2, 0) is 6.54 Å². The zero-order valence-corrected chi connectivity index (χ0v) is 8.71. The van der Waals surface area contributed by atoms with Crippen LogP contribution in [0.15, 0.2) is 18.3 Å². The molecule has 1 rings (SSSR count). The number of hydrogen-bond acceptors (Lipinski definition) is 1. The predicted molar refractivity (Wildman–Crippen MR) is 55.8 cm³/mol. The number of aromatic nitrogens is 1. The zero-order chi connectivity index (χ0) is 10.3. The van der Waals surface area contributed by atoms with Gasteiger partial charge in [0.1, 0.15) is 0 Å². The summed E-state index contributed by atoms with van der Waals surface area (Å²) in [5, 5.41) is 0. The molecule has 1 heterocycles. The third kappa shape index (κ3) is 3.45. The van der Waals surface area contributed by atoms with Crippen LogP contribution in [0.4, 0.5) is 0 Å². The Morgan fingerprint density at radius 2 is 2.15 bits per heavy atom. The lowest BCUT2D eigenvalue weighted by Crippen LogP contribution is -2.04. The first kappa shape index (κ1) is 11.9.